The van der Waals surface area contributed by atoms with Crippen molar-refractivity contribution in [2.45, 2.75) is 26.2 Å². The molecule has 82 valence electrons. The third-order valence-corrected chi connectivity index (χ3v) is 2.36. The third kappa shape index (κ3) is 3.51. The fourth-order valence-electron chi connectivity index (χ4n) is 1.41. The van der Waals surface area contributed by atoms with Crippen LogP contribution in [0.15, 0.2) is 12.1 Å². The van der Waals surface area contributed by atoms with E-state index < -0.39 is 11.8 Å². The zero-order valence-electron chi connectivity index (χ0n) is 8.39. The normalized spacial score (nSPS) is 10.3. The lowest BCUT2D eigenvalue weighted by molar-refractivity contribution is -0.137. The Kier molecular flexibility index (Phi) is 4.09. The van der Waals surface area contributed by atoms with Crippen LogP contribution in [0.5, 0.6) is 0 Å². The molecule has 4 heteroatoms. The number of aliphatic carboxylic acids is 1. The molecule has 1 rings (SSSR count). The van der Waals surface area contributed by atoms with Crippen LogP contribution in [0.2, 0.25) is 5.02 Å². The SMILES string of the molecule is Cc1cc(Cl)c(F)c(CCCC(=O)O)c1. The fraction of sp³-hybridized carbons (Fsp3) is 0.364. The molecule has 0 saturated heterocycles. The molecule has 0 aliphatic heterocycles. The molecule has 0 aliphatic rings. The van der Waals surface area contributed by atoms with Gasteiger partial charge in [-0.1, -0.05) is 17.7 Å². The molecule has 15 heavy (non-hydrogen) atoms. The molecule has 0 amide bonds. The second-order valence-electron chi connectivity index (χ2n) is 3.47. The minimum absolute atomic E-state index is 0.0466. The van der Waals surface area contributed by atoms with Crippen molar-refractivity contribution in [1.29, 1.82) is 0 Å². The van der Waals surface area contributed by atoms with E-state index in [9.17, 15) is 9.18 Å². The average Bonchev–Trinajstić information content (AvgIpc) is 2.12. The Bertz CT molecular complexity index is 377. The van der Waals surface area contributed by atoms with Crippen LogP contribution in [-0.4, -0.2) is 11.1 Å². The molecule has 0 heterocycles. The molecular weight excluding hydrogens is 219 g/mol. The molecule has 0 bridgehead atoms. The lowest BCUT2D eigenvalue weighted by Gasteiger charge is -2.05. The quantitative estimate of drug-likeness (QED) is 0.863. The highest BCUT2D eigenvalue weighted by Crippen LogP contribution is 2.21. The Morgan fingerprint density at radius 2 is 2.20 bits per heavy atom. The van der Waals surface area contributed by atoms with E-state index in [1.807, 2.05) is 6.92 Å². The first-order chi connectivity index (χ1) is 7.00. The zero-order valence-corrected chi connectivity index (χ0v) is 9.14. The van der Waals surface area contributed by atoms with Gasteiger partial charge in [-0.3, -0.25) is 4.79 Å². The molecule has 2 nitrogen and oxygen atoms in total. The second-order valence-corrected chi connectivity index (χ2v) is 3.87. The standard InChI is InChI=1S/C11H12ClFO2/c1-7-5-8(3-2-4-10(14)15)11(13)9(12)6-7/h5-6H,2-4H2,1H3,(H,14,15). The van der Waals surface area contributed by atoms with E-state index in [-0.39, 0.29) is 11.4 Å². The van der Waals surface area contributed by atoms with Crippen molar-refractivity contribution >= 4 is 17.6 Å². The second kappa shape index (κ2) is 5.12. The molecule has 0 aliphatic carbocycles. The summed E-state index contributed by atoms with van der Waals surface area (Å²) in [5.41, 5.74) is 1.37. The van der Waals surface area contributed by atoms with Crippen molar-refractivity contribution in [1.82, 2.24) is 0 Å². The first-order valence-electron chi connectivity index (χ1n) is 4.67. The number of aryl methyl sites for hydroxylation is 2. The van der Waals surface area contributed by atoms with E-state index in [0.717, 1.165) is 5.56 Å². The molecular formula is C11H12ClFO2. The van der Waals surface area contributed by atoms with Gasteiger partial charge >= 0.3 is 5.97 Å². The number of benzene rings is 1. The van der Waals surface area contributed by atoms with Gasteiger partial charge in [-0.25, -0.2) is 4.39 Å². The highest BCUT2D eigenvalue weighted by Gasteiger charge is 2.08. The summed E-state index contributed by atoms with van der Waals surface area (Å²) in [6.45, 7) is 1.83. The predicted octanol–water partition coefficient (Wildman–Crippen LogP) is 3.19. The number of carboxylic acid groups (broad SMARTS) is 1. The fourth-order valence-corrected chi connectivity index (χ4v) is 1.70. The molecule has 1 aromatic rings. The predicted molar refractivity (Wildman–Crippen MR) is 56.7 cm³/mol. The summed E-state index contributed by atoms with van der Waals surface area (Å²) in [5.74, 6) is -1.30. The average molecular weight is 231 g/mol. The summed E-state index contributed by atoms with van der Waals surface area (Å²) < 4.78 is 13.4. The summed E-state index contributed by atoms with van der Waals surface area (Å²) in [6.07, 6.45) is 0.872. The molecule has 1 N–H and O–H groups in total. The Morgan fingerprint density at radius 1 is 1.53 bits per heavy atom. The van der Waals surface area contributed by atoms with E-state index in [0.29, 0.717) is 18.4 Å². The Morgan fingerprint density at radius 3 is 2.80 bits per heavy atom. The van der Waals surface area contributed by atoms with Gasteiger partial charge < -0.3 is 5.11 Å². The third-order valence-electron chi connectivity index (χ3n) is 2.08. The monoisotopic (exact) mass is 230 g/mol. The van der Waals surface area contributed by atoms with Crippen LogP contribution in [0.25, 0.3) is 0 Å². The topological polar surface area (TPSA) is 37.3 Å². The molecule has 0 saturated carbocycles. The van der Waals surface area contributed by atoms with Gasteiger partial charge in [0.1, 0.15) is 5.82 Å². The first-order valence-corrected chi connectivity index (χ1v) is 5.05. The van der Waals surface area contributed by atoms with Crippen LogP contribution in [0.3, 0.4) is 0 Å². The minimum Gasteiger partial charge on any atom is -0.481 e. The van der Waals surface area contributed by atoms with Gasteiger partial charge in [0.25, 0.3) is 0 Å². The van der Waals surface area contributed by atoms with E-state index >= 15 is 0 Å². The number of halogens is 2. The van der Waals surface area contributed by atoms with E-state index in [1.165, 1.54) is 0 Å². The highest BCUT2D eigenvalue weighted by atomic mass is 35.5. The smallest absolute Gasteiger partial charge is 0.303 e. The van der Waals surface area contributed by atoms with Crippen LogP contribution < -0.4 is 0 Å². The Labute approximate surface area is 92.7 Å². The maximum absolute atomic E-state index is 13.4. The van der Waals surface area contributed by atoms with Gasteiger partial charge in [-0.2, -0.15) is 0 Å². The molecule has 0 unspecified atom stereocenters. The van der Waals surface area contributed by atoms with E-state index in [2.05, 4.69) is 0 Å². The molecule has 0 aromatic heterocycles. The summed E-state index contributed by atoms with van der Waals surface area (Å²) >= 11 is 5.67. The Balaban J connectivity index is 2.72. The number of rotatable bonds is 4. The molecule has 0 fully saturated rings. The molecule has 1 aromatic carbocycles. The van der Waals surface area contributed by atoms with Crippen LogP contribution in [0, 0.1) is 12.7 Å². The van der Waals surface area contributed by atoms with E-state index in [4.69, 9.17) is 16.7 Å². The minimum atomic E-state index is -0.867. The number of hydrogen-bond donors (Lipinski definition) is 1. The largest absolute Gasteiger partial charge is 0.481 e. The van der Waals surface area contributed by atoms with Gasteiger partial charge in [0.15, 0.2) is 0 Å². The Hall–Kier alpha value is -1.09. The molecule has 0 spiro atoms. The number of hydrogen-bond acceptors (Lipinski definition) is 1. The number of carboxylic acids is 1. The summed E-state index contributed by atoms with van der Waals surface area (Å²) in [6, 6.07) is 3.25. The van der Waals surface area contributed by atoms with Gasteiger partial charge in [0.2, 0.25) is 0 Å². The van der Waals surface area contributed by atoms with Crippen LogP contribution >= 0.6 is 11.6 Å². The maximum Gasteiger partial charge on any atom is 0.303 e. The summed E-state index contributed by atoms with van der Waals surface area (Å²) in [5, 5.41) is 8.55. The van der Waals surface area contributed by atoms with Crippen molar-refractivity contribution in [2.75, 3.05) is 0 Å². The van der Waals surface area contributed by atoms with Crippen LogP contribution in [-0.2, 0) is 11.2 Å². The van der Waals surface area contributed by atoms with Gasteiger partial charge in [0, 0.05) is 6.42 Å². The highest BCUT2D eigenvalue weighted by molar-refractivity contribution is 6.30. The van der Waals surface area contributed by atoms with Crippen molar-refractivity contribution in [2.24, 2.45) is 0 Å². The zero-order chi connectivity index (χ0) is 11.4. The maximum atomic E-state index is 13.4. The summed E-state index contributed by atoms with van der Waals surface area (Å²) in [7, 11) is 0. The molecule has 0 radical (unpaired) electrons. The van der Waals surface area contributed by atoms with Gasteiger partial charge in [0.05, 0.1) is 5.02 Å². The van der Waals surface area contributed by atoms with Crippen molar-refractivity contribution in [3.8, 4) is 0 Å². The van der Waals surface area contributed by atoms with E-state index in [1.54, 1.807) is 12.1 Å². The van der Waals surface area contributed by atoms with Gasteiger partial charge in [-0.15, -0.1) is 0 Å². The lowest BCUT2D eigenvalue weighted by atomic mass is 10.1. The first kappa shape index (κ1) is 12.0. The van der Waals surface area contributed by atoms with Crippen LogP contribution in [0.1, 0.15) is 24.0 Å². The summed E-state index contributed by atoms with van der Waals surface area (Å²) in [4.78, 5) is 10.3. The van der Waals surface area contributed by atoms with Crippen molar-refractivity contribution < 1.29 is 14.3 Å². The van der Waals surface area contributed by atoms with Crippen LogP contribution in [0.4, 0.5) is 4.39 Å². The van der Waals surface area contributed by atoms with Crippen molar-refractivity contribution in [3.05, 3.63) is 34.1 Å². The van der Waals surface area contributed by atoms with Gasteiger partial charge in [-0.05, 0) is 37.0 Å². The van der Waals surface area contributed by atoms with Crippen molar-refractivity contribution in [3.63, 3.8) is 0 Å². The lowest BCUT2D eigenvalue weighted by Crippen LogP contribution is -1.98. The number of carbonyl (C=O) groups is 1. The molecule has 0 atom stereocenters.